The summed E-state index contributed by atoms with van der Waals surface area (Å²) in [5, 5.41) is 15.0. The molecule has 0 aliphatic heterocycles. The molecule has 3 aromatic rings. The lowest BCUT2D eigenvalue weighted by atomic mass is 10.2. The first-order chi connectivity index (χ1) is 11.6. The van der Waals surface area contributed by atoms with Crippen molar-refractivity contribution in [2.45, 2.75) is 0 Å². The fourth-order valence-corrected chi connectivity index (χ4v) is 2.00. The first kappa shape index (κ1) is 15.2. The van der Waals surface area contributed by atoms with E-state index in [4.69, 9.17) is 10.8 Å². The van der Waals surface area contributed by atoms with Crippen LogP contribution in [0.4, 0.5) is 28.7 Å². The fraction of sp³-hybridized carbons (Fsp3) is 0. The topological polar surface area (TPSA) is 126 Å². The Bertz CT molecular complexity index is 852. The maximum absolute atomic E-state index is 10.9. The predicted molar refractivity (Wildman–Crippen MR) is 90.6 cm³/mol. The average molecular weight is 322 g/mol. The van der Waals surface area contributed by atoms with Crippen LogP contribution in [0.5, 0.6) is 0 Å². The molecule has 0 aliphatic carbocycles. The molecular weight excluding hydrogens is 308 g/mol. The summed E-state index contributed by atoms with van der Waals surface area (Å²) in [6.45, 7) is 0. The van der Waals surface area contributed by atoms with E-state index in [2.05, 4.69) is 25.6 Å². The number of hydrogen-bond acceptors (Lipinski definition) is 7. The van der Waals surface area contributed by atoms with Crippen LogP contribution in [-0.4, -0.2) is 26.0 Å². The molecule has 0 aliphatic rings. The summed E-state index contributed by atoms with van der Waals surface area (Å²) >= 11 is 0. The highest BCUT2D eigenvalue weighted by Gasteiger charge is 2.09. The van der Waals surface area contributed by atoms with Gasteiger partial charge in [-0.05, 0) is 36.4 Å². The van der Waals surface area contributed by atoms with Crippen LogP contribution < -0.4 is 16.4 Å². The summed E-state index contributed by atoms with van der Waals surface area (Å²) in [7, 11) is 0. The van der Waals surface area contributed by atoms with Crippen LogP contribution >= 0.6 is 0 Å². The van der Waals surface area contributed by atoms with E-state index >= 15 is 0 Å². The summed E-state index contributed by atoms with van der Waals surface area (Å²) < 4.78 is 0. The number of hydrogen-bond donors (Lipinski definition) is 4. The van der Waals surface area contributed by atoms with Crippen LogP contribution in [0.25, 0.3) is 0 Å². The highest BCUT2D eigenvalue weighted by molar-refractivity contribution is 5.88. The van der Waals surface area contributed by atoms with Gasteiger partial charge in [0, 0.05) is 11.9 Å². The molecule has 24 heavy (non-hydrogen) atoms. The van der Waals surface area contributed by atoms with Gasteiger partial charge >= 0.3 is 5.97 Å². The van der Waals surface area contributed by atoms with Crippen molar-refractivity contribution in [2.75, 3.05) is 16.4 Å². The molecule has 2 aromatic heterocycles. The first-order valence-corrected chi connectivity index (χ1v) is 7.01. The summed E-state index contributed by atoms with van der Waals surface area (Å²) in [5.74, 6) is -0.117. The molecule has 0 saturated carbocycles. The number of carbonyl (C=O) groups is 1. The van der Waals surface area contributed by atoms with Gasteiger partial charge in [0.1, 0.15) is 12.0 Å². The van der Waals surface area contributed by atoms with E-state index in [0.29, 0.717) is 23.0 Å². The quantitative estimate of drug-likeness (QED) is 0.565. The van der Waals surface area contributed by atoms with Crippen molar-refractivity contribution < 1.29 is 9.90 Å². The number of nitrogens with two attached hydrogens (primary N) is 1. The number of nitrogen functional groups attached to an aromatic ring is 1. The van der Waals surface area contributed by atoms with Crippen molar-refractivity contribution in [3.8, 4) is 0 Å². The number of aromatic nitrogens is 3. The lowest BCUT2D eigenvalue weighted by Gasteiger charge is -2.12. The molecule has 1 aromatic carbocycles. The van der Waals surface area contributed by atoms with Crippen LogP contribution in [0.2, 0.25) is 0 Å². The Labute approximate surface area is 137 Å². The van der Waals surface area contributed by atoms with Gasteiger partial charge in [0.2, 0.25) is 0 Å². The molecule has 0 bridgehead atoms. The Morgan fingerprint density at radius 3 is 2.25 bits per heavy atom. The van der Waals surface area contributed by atoms with Crippen molar-refractivity contribution in [3.05, 3.63) is 60.7 Å². The third-order valence-electron chi connectivity index (χ3n) is 3.20. The van der Waals surface area contributed by atoms with Gasteiger partial charge in [0.15, 0.2) is 11.6 Å². The third-order valence-corrected chi connectivity index (χ3v) is 3.20. The normalized spacial score (nSPS) is 10.2. The van der Waals surface area contributed by atoms with Gasteiger partial charge in [-0.25, -0.2) is 14.8 Å². The predicted octanol–water partition coefficient (Wildman–Crippen LogP) is 2.64. The molecule has 0 fully saturated rings. The van der Waals surface area contributed by atoms with E-state index < -0.39 is 5.97 Å². The Morgan fingerprint density at radius 1 is 1.00 bits per heavy atom. The minimum Gasteiger partial charge on any atom is -0.478 e. The van der Waals surface area contributed by atoms with Gasteiger partial charge in [-0.15, -0.1) is 0 Å². The maximum atomic E-state index is 10.9. The van der Waals surface area contributed by atoms with Crippen LogP contribution in [0.3, 0.4) is 0 Å². The number of carboxylic acids is 1. The van der Waals surface area contributed by atoms with Gasteiger partial charge in [0.05, 0.1) is 17.4 Å². The zero-order chi connectivity index (χ0) is 16.9. The van der Waals surface area contributed by atoms with Crippen molar-refractivity contribution in [3.63, 3.8) is 0 Å². The first-order valence-electron chi connectivity index (χ1n) is 7.01. The van der Waals surface area contributed by atoms with E-state index in [0.717, 1.165) is 5.69 Å². The lowest BCUT2D eigenvalue weighted by Crippen LogP contribution is -2.05. The smallest absolute Gasteiger partial charge is 0.335 e. The Hall–Kier alpha value is -3.68. The zero-order valence-electron chi connectivity index (χ0n) is 12.5. The van der Waals surface area contributed by atoms with Gasteiger partial charge in [-0.1, -0.05) is 0 Å². The van der Waals surface area contributed by atoms with E-state index in [1.54, 1.807) is 30.6 Å². The molecule has 3 rings (SSSR count). The van der Waals surface area contributed by atoms with Gasteiger partial charge in [0.25, 0.3) is 0 Å². The molecule has 0 saturated heterocycles. The number of anilines is 5. The number of rotatable bonds is 5. The second kappa shape index (κ2) is 6.61. The zero-order valence-corrected chi connectivity index (χ0v) is 12.5. The number of carboxylic acid groups (broad SMARTS) is 1. The van der Waals surface area contributed by atoms with Gasteiger partial charge in [-0.3, -0.25) is 4.98 Å². The molecule has 0 amide bonds. The molecule has 5 N–H and O–H groups in total. The van der Waals surface area contributed by atoms with Crippen LogP contribution in [0, 0.1) is 0 Å². The van der Waals surface area contributed by atoms with Crippen molar-refractivity contribution in [1.82, 2.24) is 15.0 Å². The molecule has 8 heteroatoms. The van der Waals surface area contributed by atoms with E-state index in [1.807, 2.05) is 6.07 Å². The molecule has 120 valence electrons. The lowest BCUT2D eigenvalue weighted by molar-refractivity contribution is 0.0697. The number of aromatic carboxylic acids is 1. The average Bonchev–Trinajstić information content (AvgIpc) is 2.60. The van der Waals surface area contributed by atoms with E-state index in [-0.39, 0.29) is 5.56 Å². The van der Waals surface area contributed by atoms with E-state index in [9.17, 15) is 4.79 Å². The second-order valence-electron chi connectivity index (χ2n) is 4.86. The highest BCUT2D eigenvalue weighted by atomic mass is 16.4. The Morgan fingerprint density at radius 2 is 1.67 bits per heavy atom. The Balaban J connectivity index is 1.81. The third kappa shape index (κ3) is 3.38. The van der Waals surface area contributed by atoms with Crippen LogP contribution in [-0.2, 0) is 0 Å². The summed E-state index contributed by atoms with van der Waals surface area (Å²) in [5.41, 5.74) is 8.05. The minimum absolute atomic E-state index is 0.204. The molecular formula is C16H14N6O2. The van der Waals surface area contributed by atoms with Crippen molar-refractivity contribution in [1.29, 1.82) is 0 Å². The molecule has 8 nitrogen and oxygen atoms in total. The second-order valence-corrected chi connectivity index (χ2v) is 4.86. The summed E-state index contributed by atoms with van der Waals surface area (Å²) in [4.78, 5) is 23.1. The summed E-state index contributed by atoms with van der Waals surface area (Å²) in [6, 6.07) is 9.90. The molecule has 0 atom stereocenters. The molecule has 0 unspecified atom stereocenters. The molecule has 0 radical (unpaired) electrons. The SMILES string of the molecule is Nc1c(Nc2ccc(C(=O)O)cc2)ncnc1Nc1cccnc1. The monoisotopic (exact) mass is 322 g/mol. The molecule has 2 heterocycles. The highest BCUT2D eigenvalue weighted by Crippen LogP contribution is 2.27. The minimum atomic E-state index is -0.981. The largest absolute Gasteiger partial charge is 0.478 e. The molecule has 0 spiro atoms. The van der Waals surface area contributed by atoms with Crippen molar-refractivity contribution in [2.24, 2.45) is 0 Å². The number of benzene rings is 1. The summed E-state index contributed by atoms with van der Waals surface area (Å²) in [6.07, 6.45) is 4.70. The van der Waals surface area contributed by atoms with Crippen molar-refractivity contribution >= 4 is 34.7 Å². The maximum Gasteiger partial charge on any atom is 0.335 e. The van der Waals surface area contributed by atoms with Crippen LogP contribution in [0.1, 0.15) is 10.4 Å². The van der Waals surface area contributed by atoms with E-state index in [1.165, 1.54) is 18.5 Å². The number of nitrogens with zero attached hydrogens (tertiary/aromatic N) is 3. The van der Waals surface area contributed by atoms with Gasteiger partial charge < -0.3 is 21.5 Å². The van der Waals surface area contributed by atoms with Crippen LogP contribution in [0.15, 0.2) is 55.1 Å². The standard InChI is InChI=1S/C16H14N6O2/c17-13-14(21-11-5-3-10(4-6-11)16(23)24)19-9-20-15(13)22-12-2-1-7-18-8-12/h1-9H,17H2,(H,23,24)(H2,19,20,21,22). The Kier molecular flexibility index (Phi) is 4.19. The number of nitrogens with one attached hydrogen (secondary N) is 2. The van der Waals surface area contributed by atoms with Gasteiger partial charge in [-0.2, -0.15) is 0 Å². The fourth-order valence-electron chi connectivity index (χ4n) is 2.00. The number of pyridine rings is 1.